The maximum atomic E-state index is 12.6. The molecule has 30 heavy (non-hydrogen) atoms. The first-order valence-electron chi connectivity index (χ1n) is 7.71. The van der Waals surface area contributed by atoms with Crippen molar-refractivity contribution >= 4 is 23.2 Å². The first-order valence-corrected chi connectivity index (χ1v) is 9.15. The number of sulfonamides is 1. The molecule has 2 aromatic rings. The van der Waals surface area contributed by atoms with Crippen molar-refractivity contribution in [1.82, 2.24) is 0 Å². The van der Waals surface area contributed by atoms with Crippen LogP contribution in [0.4, 0.5) is 30.4 Å². The van der Waals surface area contributed by atoms with Gasteiger partial charge in [-0.2, -0.15) is 21.6 Å². The number of ether oxygens (including phenoxy) is 1. The van der Waals surface area contributed by atoms with Crippen LogP contribution in [0, 0.1) is 0 Å². The molecule has 0 aliphatic rings. The summed E-state index contributed by atoms with van der Waals surface area (Å²) in [5, 5.41) is 0. The number of halogens is 7. The molecule has 0 atom stereocenters. The molecule has 0 fully saturated rings. The molecule has 0 unspecified atom stereocenters. The first-order chi connectivity index (χ1) is 13.6. The molecule has 0 aliphatic carbocycles. The number of hydrogen-bond acceptors (Lipinski definition) is 4. The second-order valence-electron chi connectivity index (χ2n) is 5.41. The van der Waals surface area contributed by atoms with Crippen LogP contribution < -0.4 is 9.09 Å². The van der Waals surface area contributed by atoms with Gasteiger partial charge in [0.05, 0.1) is 30.2 Å². The highest BCUT2D eigenvalue weighted by Gasteiger charge is 2.32. The van der Waals surface area contributed by atoms with Gasteiger partial charge in [0.2, 0.25) is 12.4 Å². The zero-order chi connectivity index (χ0) is 23.3. The number of pyridine rings is 1. The highest BCUT2D eigenvalue weighted by molar-refractivity contribution is 7.92. The third-order valence-electron chi connectivity index (χ3n) is 3.39. The fourth-order valence-electron chi connectivity index (χ4n) is 1.95. The van der Waals surface area contributed by atoms with Gasteiger partial charge in [-0.3, -0.25) is 0 Å². The molecule has 0 saturated carbocycles. The molecule has 15 heteroatoms. The second kappa shape index (κ2) is 9.32. The normalized spacial score (nSPS) is 11.9. The van der Waals surface area contributed by atoms with Gasteiger partial charge in [-0.1, -0.05) is 9.09 Å². The van der Waals surface area contributed by atoms with Crippen molar-refractivity contribution in [2.45, 2.75) is 11.1 Å². The summed E-state index contributed by atoms with van der Waals surface area (Å²) in [6.07, 6.45) is -1.92. The second-order valence-corrected chi connectivity index (χ2v) is 7.36. The SMILES string of the molecule is COC(=O)c1cc[n+](N(C)S(=O)(=O)c2ccc(C(F)(F)F)cc2)cc1.F[B-](F)(F)F. The quantitative estimate of drug-likeness (QED) is 0.303. The van der Waals surface area contributed by atoms with Crippen LogP contribution in [-0.2, 0) is 20.9 Å². The average molecular weight is 462 g/mol. The molecule has 0 bridgehead atoms. The number of carbonyl (C=O) groups excluding carboxylic acids is 1. The number of carbonyl (C=O) groups is 1. The van der Waals surface area contributed by atoms with Crippen molar-refractivity contribution < 1.29 is 53.1 Å². The highest BCUT2D eigenvalue weighted by atomic mass is 32.2. The number of hydrogen-bond donors (Lipinski definition) is 0. The van der Waals surface area contributed by atoms with E-state index in [0.717, 1.165) is 16.5 Å². The van der Waals surface area contributed by atoms with E-state index >= 15 is 0 Å². The van der Waals surface area contributed by atoms with E-state index in [-0.39, 0.29) is 10.5 Å². The lowest BCUT2D eigenvalue weighted by Crippen LogP contribution is -2.57. The van der Waals surface area contributed by atoms with Gasteiger partial charge < -0.3 is 22.0 Å². The molecular formula is C15H14BF7N2O4S. The van der Waals surface area contributed by atoms with Crippen molar-refractivity contribution in [2.75, 3.05) is 18.6 Å². The lowest BCUT2D eigenvalue weighted by atomic mass is 10.2. The molecule has 2 rings (SSSR count). The van der Waals surface area contributed by atoms with Gasteiger partial charge in [0.1, 0.15) is 0 Å². The number of esters is 1. The van der Waals surface area contributed by atoms with Crippen LogP contribution in [0.5, 0.6) is 0 Å². The van der Waals surface area contributed by atoms with Gasteiger partial charge in [-0.25, -0.2) is 4.79 Å². The zero-order valence-electron chi connectivity index (χ0n) is 15.3. The number of nitrogens with zero attached hydrogens (tertiary/aromatic N) is 2. The molecule has 1 aromatic heterocycles. The maximum absolute atomic E-state index is 12.6. The minimum Gasteiger partial charge on any atom is -0.465 e. The Bertz CT molecular complexity index is 956. The maximum Gasteiger partial charge on any atom is 0.673 e. The van der Waals surface area contributed by atoms with Crippen molar-refractivity contribution in [3.05, 3.63) is 59.9 Å². The fourth-order valence-corrected chi connectivity index (χ4v) is 3.10. The third-order valence-corrected chi connectivity index (χ3v) is 5.14. The van der Waals surface area contributed by atoms with Crippen LogP contribution in [0.1, 0.15) is 15.9 Å². The van der Waals surface area contributed by atoms with Gasteiger partial charge in [-0.15, -0.1) is 0 Å². The molecule has 0 aliphatic heterocycles. The van der Waals surface area contributed by atoms with Crippen LogP contribution in [0.3, 0.4) is 0 Å². The Hall–Kier alpha value is -2.84. The van der Waals surface area contributed by atoms with Crippen LogP contribution >= 0.6 is 0 Å². The van der Waals surface area contributed by atoms with E-state index in [4.69, 9.17) is 0 Å². The molecule has 0 amide bonds. The van der Waals surface area contributed by atoms with Gasteiger partial charge >= 0.3 is 29.4 Å². The number of benzene rings is 1. The Labute approximate surface area is 166 Å². The Kier molecular flexibility index (Phi) is 7.83. The van der Waals surface area contributed by atoms with Gasteiger partial charge in [0, 0.05) is 12.1 Å². The number of rotatable bonds is 4. The molecule has 166 valence electrons. The molecule has 0 N–H and O–H groups in total. The van der Waals surface area contributed by atoms with E-state index in [1.165, 1.54) is 43.4 Å². The minimum atomic E-state index is -6.00. The van der Waals surface area contributed by atoms with E-state index in [1.54, 1.807) is 0 Å². The molecular weight excluding hydrogens is 448 g/mol. The molecule has 6 nitrogen and oxygen atoms in total. The Morgan fingerprint density at radius 3 is 1.80 bits per heavy atom. The highest BCUT2D eigenvalue weighted by Crippen LogP contribution is 2.29. The summed E-state index contributed by atoms with van der Waals surface area (Å²) in [5.41, 5.74) is -0.719. The lowest BCUT2D eigenvalue weighted by Gasteiger charge is -2.14. The number of alkyl halides is 3. The van der Waals surface area contributed by atoms with E-state index in [0.29, 0.717) is 12.1 Å². The Morgan fingerprint density at radius 1 is 1.00 bits per heavy atom. The van der Waals surface area contributed by atoms with Crippen LogP contribution in [-0.4, -0.2) is 35.8 Å². The topological polar surface area (TPSA) is 67.6 Å². The average Bonchev–Trinajstić information content (AvgIpc) is 2.65. The van der Waals surface area contributed by atoms with E-state index in [1.807, 2.05) is 0 Å². The first kappa shape index (κ1) is 25.2. The lowest BCUT2D eigenvalue weighted by molar-refractivity contribution is -0.673. The van der Waals surface area contributed by atoms with E-state index in [2.05, 4.69) is 4.74 Å². The van der Waals surface area contributed by atoms with Gasteiger partial charge in [-0.05, 0) is 24.3 Å². The number of aromatic nitrogens is 1. The molecule has 0 radical (unpaired) electrons. The predicted octanol–water partition coefficient (Wildman–Crippen LogP) is 3.04. The third kappa shape index (κ3) is 7.20. The predicted molar refractivity (Wildman–Crippen MR) is 90.9 cm³/mol. The summed E-state index contributed by atoms with van der Waals surface area (Å²) in [4.78, 5) is 11.1. The van der Waals surface area contributed by atoms with Gasteiger partial charge in [0.25, 0.3) is 0 Å². The molecule has 0 spiro atoms. The standard InChI is InChI=1S/C15H14F3N2O4S.BF4/c1-19(20-9-7-11(8-10-20)14(21)24-2)25(22,23)13-5-3-12(4-6-13)15(16,17)18;2-1(3,4)5/h3-10H,1-2H3;/q+1;-1. The minimum absolute atomic E-state index is 0.221. The molecule has 0 saturated heterocycles. The van der Waals surface area contributed by atoms with E-state index in [9.17, 15) is 43.6 Å². The molecule has 1 heterocycles. The van der Waals surface area contributed by atoms with Crippen molar-refractivity contribution in [1.29, 1.82) is 0 Å². The summed E-state index contributed by atoms with van der Waals surface area (Å²) in [5.74, 6) is -0.583. The van der Waals surface area contributed by atoms with Crippen LogP contribution in [0.2, 0.25) is 0 Å². The van der Waals surface area contributed by atoms with Crippen molar-refractivity contribution in [3.8, 4) is 0 Å². The Balaban J connectivity index is 0.000000804. The van der Waals surface area contributed by atoms with Crippen molar-refractivity contribution in [3.63, 3.8) is 0 Å². The molecule has 1 aromatic carbocycles. The largest absolute Gasteiger partial charge is 0.673 e. The number of methoxy groups -OCH3 is 1. The summed E-state index contributed by atoms with van der Waals surface area (Å²) in [6.45, 7) is 0. The summed E-state index contributed by atoms with van der Waals surface area (Å²) < 4.78 is 108. The monoisotopic (exact) mass is 462 g/mol. The Morgan fingerprint density at radius 2 is 1.43 bits per heavy atom. The summed E-state index contributed by atoms with van der Waals surface area (Å²) in [6, 6.07) is 5.88. The fraction of sp³-hybridized carbons (Fsp3) is 0.200. The summed E-state index contributed by atoms with van der Waals surface area (Å²) >= 11 is 0. The summed E-state index contributed by atoms with van der Waals surface area (Å²) in [7, 11) is -7.64. The zero-order valence-corrected chi connectivity index (χ0v) is 16.1. The van der Waals surface area contributed by atoms with Crippen LogP contribution in [0.15, 0.2) is 53.7 Å². The van der Waals surface area contributed by atoms with E-state index < -0.39 is 35.0 Å². The van der Waals surface area contributed by atoms with Gasteiger partial charge in [0.15, 0.2) is 0 Å². The smallest absolute Gasteiger partial charge is 0.465 e. The van der Waals surface area contributed by atoms with Crippen LogP contribution in [0.25, 0.3) is 0 Å². The van der Waals surface area contributed by atoms with Crippen molar-refractivity contribution in [2.24, 2.45) is 0 Å².